The van der Waals surface area contributed by atoms with Crippen LogP contribution in [0.5, 0.6) is 0 Å². The topological polar surface area (TPSA) is 52.2 Å². The summed E-state index contributed by atoms with van der Waals surface area (Å²) in [7, 11) is 2.18. The summed E-state index contributed by atoms with van der Waals surface area (Å²) in [6.07, 6.45) is 0. The first-order valence-electron chi connectivity index (χ1n) is 11.4. The Morgan fingerprint density at radius 1 is 1.03 bits per heavy atom. The van der Waals surface area contributed by atoms with Crippen molar-refractivity contribution in [3.8, 4) is 11.3 Å². The van der Waals surface area contributed by atoms with Crippen LogP contribution in [0.15, 0.2) is 30.3 Å². The molecule has 2 unspecified atom stereocenters. The largest absolute Gasteiger partial charge is 0.354 e. The molecule has 5 heteroatoms. The van der Waals surface area contributed by atoms with E-state index in [1.54, 1.807) is 0 Å². The lowest BCUT2D eigenvalue weighted by Crippen LogP contribution is -2.32. The van der Waals surface area contributed by atoms with Gasteiger partial charge in [0.25, 0.3) is 5.91 Å². The molecule has 31 heavy (non-hydrogen) atoms. The SMILES string of the molecule is Cc1cc(-c2[nH]c3ccc(C(=O)N4CC5CN(C)CC5C4)cc3c2C(C)C)cc(C)n1. The van der Waals surface area contributed by atoms with Gasteiger partial charge in [-0.3, -0.25) is 9.78 Å². The standard InChI is InChI=1S/C26H32N4O/c1-15(2)24-22-10-18(26(31)30-13-20-11-29(5)12-21(20)14-30)6-7-23(22)28-25(24)19-8-16(3)27-17(4)9-19/h6-10,15,20-21,28H,11-14H2,1-5H3. The third-order valence-electron chi connectivity index (χ3n) is 6.99. The molecular formula is C26H32N4O. The van der Waals surface area contributed by atoms with Gasteiger partial charge in [0.15, 0.2) is 0 Å². The second kappa shape index (κ2) is 7.49. The number of rotatable bonds is 3. The van der Waals surface area contributed by atoms with Crippen LogP contribution in [0.25, 0.3) is 22.2 Å². The van der Waals surface area contributed by atoms with Gasteiger partial charge in [-0.1, -0.05) is 13.8 Å². The zero-order valence-corrected chi connectivity index (χ0v) is 19.2. The van der Waals surface area contributed by atoms with Crippen LogP contribution in [0.2, 0.25) is 0 Å². The molecule has 2 saturated heterocycles. The molecule has 0 bridgehead atoms. The minimum absolute atomic E-state index is 0.173. The summed E-state index contributed by atoms with van der Waals surface area (Å²) in [5, 5.41) is 1.15. The molecule has 0 spiro atoms. The first-order chi connectivity index (χ1) is 14.8. The highest BCUT2D eigenvalue weighted by atomic mass is 16.2. The molecule has 2 fully saturated rings. The minimum atomic E-state index is 0.173. The monoisotopic (exact) mass is 416 g/mol. The fourth-order valence-electron chi connectivity index (χ4n) is 5.73. The van der Waals surface area contributed by atoms with E-state index in [1.165, 1.54) is 5.56 Å². The molecule has 0 radical (unpaired) electrons. The van der Waals surface area contributed by atoms with Gasteiger partial charge in [-0.2, -0.15) is 0 Å². The van der Waals surface area contributed by atoms with Crippen LogP contribution < -0.4 is 0 Å². The first kappa shape index (κ1) is 20.3. The Labute approximate surface area is 184 Å². The number of H-pyrrole nitrogens is 1. The van der Waals surface area contributed by atoms with Crippen LogP contribution in [-0.4, -0.2) is 58.9 Å². The summed E-state index contributed by atoms with van der Waals surface area (Å²) in [6, 6.07) is 10.4. The summed E-state index contributed by atoms with van der Waals surface area (Å²) < 4.78 is 0. The van der Waals surface area contributed by atoms with Crippen LogP contribution in [0.4, 0.5) is 0 Å². The molecule has 1 amide bonds. The summed E-state index contributed by atoms with van der Waals surface area (Å²) in [5.41, 5.74) is 7.50. The predicted octanol–water partition coefficient (Wildman–Crippen LogP) is 4.60. The molecule has 2 aliphatic rings. The first-order valence-corrected chi connectivity index (χ1v) is 11.4. The number of nitrogens with zero attached hydrogens (tertiary/aromatic N) is 3. The fraction of sp³-hybridized carbons (Fsp3) is 0.462. The summed E-state index contributed by atoms with van der Waals surface area (Å²) in [5.74, 6) is 1.76. The number of pyridine rings is 1. The normalized spacial score (nSPS) is 21.4. The third-order valence-corrected chi connectivity index (χ3v) is 6.99. The molecule has 1 aromatic carbocycles. The number of carbonyl (C=O) groups is 1. The summed E-state index contributed by atoms with van der Waals surface area (Å²) in [6.45, 7) is 12.5. The zero-order chi connectivity index (χ0) is 21.9. The lowest BCUT2D eigenvalue weighted by molar-refractivity contribution is 0.0776. The fourth-order valence-corrected chi connectivity index (χ4v) is 5.73. The van der Waals surface area contributed by atoms with Crippen LogP contribution in [0.3, 0.4) is 0 Å². The number of amides is 1. The van der Waals surface area contributed by atoms with E-state index < -0.39 is 0 Å². The Hall–Kier alpha value is -2.66. The predicted molar refractivity (Wildman–Crippen MR) is 125 cm³/mol. The number of hydrogen-bond acceptors (Lipinski definition) is 3. The van der Waals surface area contributed by atoms with Gasteiger partial charge in [0.2, 0.25) is 0 Å². The lowest BCUT2D eigenvalue weighted by atomic mass is 9.95. The number of hydrogen-bond donors (Lipinski definition) is 1. The number of aromatic nitrogens is 2. The maximum Gasteiger partial charge on any atom is 0.253 e. The molecule has 2 aliphatic heterocycles. The molecule has 4 heterocycles. The van der Waals surface area contributed by atoms with Crippen LogP contribution in [0, 0.1) is 25.7 Å². The Morgan fingerprint density at radius 2 is 1.68 bits per heavy atom. The van der Waals surface area contributed by atoms with Gasteiger partial charge in [0.1, 0.15) is 0 Å². The number of aromatic amines is 1. The van der Waals surface area contributed by atoms with Crippen molar-refractivity contribution >= 4 is 16.8 Å². The van der Waals surface area contributed by atoms with E-state index in [1.807, 2.05) is 19.9 Å². The van der Waals surface area contributed by atoms with E-state index in [4.69, 9.17) is 0 Å². The average molecular weight is 417 g/mol. The number of benzene rings is 1. The Balaban J connectivity index is 1.52. The molecule has 3 aromatic rings. The van der Waals surface area contributed by atoms with Gasteiger partial charge in [0, 0.05) is 59.6 Å². The molecule has 2 atom stereocenters. The second-order valence-corrected chi connectivity index (χ2v) is 9.92. The molecule has 0 aliphatic carbocycles. The van der Waals surface area contributed by atoms with Crippen LogP contribution >= 0.6 is 0 Å². The Kier molecular flexibility index (Phi) is 4.89. The van der Waals surface area contributed by atoms with E-state index in [-0.39, 0.29) is 5.91 Å². The quantitative estimate of drug-likeness (QED) is 0.679. The van der Waals surface area contributed by atoms with Crippen molar-refractivity contribution in [1.82, 2.24) is 19.8 Å². The van der Waals surface area contributed by atoms with Gasteiger partial charge in [0.05, 0.1) is 5.69 Å². The van der Waals surface area contributed by atoms with Gasteiger partial charge in [-0.05, 0) is 74.5 Å². The van der Waals surface area contributed by atoms with Crippen molar-refractivity contribution in [3.05, 3.63) is 52.8 Å². The maximum atomic E-state index is 13.3. The maximum absolute atomic E-state index is 13.3. The van der Waals surface area contributed by atoms with Crippen molar-refractivity contribution in [1.29, 1.82) is 0 Å². The van der Waals surface area contributed by atoms with Crippen LogP contribution in [-0.2, 0) is 0 Å². The van der Waals surface area contributed by atoms with E-state index in [2.05, 4.69) is 64.9 Å². The van der Waals surface area contributed by atoms with E-state index in [0.29, 0.717) is 17.8 Å². The van der Waals surface area contributed by atoms with Gasteiger partial charge >= 0.3 is 0 Å². The van der Waals surface area contributed by atoms with Gasteiger partial charge < -0.3 is 14.8 Å². The Bertz CT molecular complexity index is 1130. The number of fused-ring (bicyclic) bond motifs is 2. The second-order valence-electron chi connectivity index (χ2n) is 9.92. The Morgan fingerprint density at radius 3 is 2.29 bits per heavy atom. The van der Waals surface area contributed by atoms with Gasteiger partial charge in [-0.15, -0.1) is 0 Å². The van der Waals surface area contributed by atoms with Crippen molar-refractivity contribution in [3.63, 3.8) is 0 Å². The molecule has 5 nitrogen and oxygen atoms in total. The molecule has 2 aromatic heterocycles. The number of nitrogens with one attached hydrogen (secondary N) is 1. The zero-order valence-electron chi connectivity index (χ0n) is 19.2. The highest BCUT2D eigenvalue weighted by Gasteiger charge is 2.40. The van der Waals surface area contributed by atoms with E-state index in [0.717, 1.165) is 65.3 Å². The van der Waals surface area contributed by atoms with E-state index in [9.17, 15) is 4.79 Å². The minimum Gasteiger partial charge on any atom is -0.354 e. The lowest BCUT2D eigenvalue weighted by Gasteiger charge is -2.19. The molecule has 162 valence electrons. The smallest absolute Gasteiger partial charge is 0.253 e. The van der Waals surface area contributed by atoms with Crippen LogP contribution in [0.1, 0.15) is 47.1 Å². The van der Waals surface area contributed by atoms with Crippen molar-refractivity contribution in [2.75, 3.05) is 33.2 Å². The number of likely N-dealkylation sites (tertiary alicyclic amines) is 2. The molecule has 0 saturated carbocycles. The number of aryl methyl sites for hydroxylation is 2. The highest BCUT2D eigenvalue weighted by molar-refractivity contribution is 6.00. The molecule has 5 rings (SSSR count). The molecular weight excluding hydrogens is 384 g/mol. The average Bonchev–Trinajstić information content (AvgIpc) is 3.36. The summed E-state index contributed by atoms with van der Waals surface area (Å²) in [4.78, 5) is 26.0. The third kappa shape index (κ3) is 3.55. The van der Waals surface area contributed by atoms with Crippen molar-refractivity contribution < 1.29 is 4.79 Å². The van der Waals surface area contributed by atoms with Gasteiger partial charge in [-0.25, -0.2) is 0 Å². The summed E-state index contributed by atoms with van der Waals surface area (Å²) >= 11 is 0. The van der Waals surface area contributed by atoms with Crippen molar-refractivity contribution in [2.24, 2.45) is 11.8 Å². The number of carbonyl (C=O) groups excluding carboxylic acids is 1. The van der Waals surface area contributed by atoms with Crippen molar-refractivity contribution in [2.45, 2.75) is 33.6 Å². The molecule has 1 N–H and O–H groups in total. The van der Waals surface area contributed by atoms with E-state index >= 15 is 0 Å². The highest BCUT2D eigenvalue weighted by Crippen LogP contribution is 2.37.